The number of fused-ring (bicyclic) bond motifs is 2. The number of anilines is 6. The van der Waals surface area contributed by atoms with E-state index >= 15 is 0 Å². The Balaban J connectivity index is 1.17. The second-order valence-electron chi connectivity index (χ2n) is 17.0. The van der Waals surface area contributed by atoms with Gasteiger partial charge in [-0.3, -0.25) is 0 Å². The molecule has 2 nitrogen and oxygen atoms in total. The number of rotatable bonds is 10. The lowest BCUT2D eigenvalue weighted by molar-refractivity contribution is 1.31. The van der Waals surface area contributed by atoms with Gasteiger partial charge in [-0.15, -0.1) is 0 Å². The van der Waals surface area contributed by atoms with E-state index in [1.54, 1.807) is 48.5 Å². The number of hydrogen-bond acceptors (Lipinski definition) is 2. The van der Waals surface area contributed by atoms with Gasteiger partial charge < -0.3 is 9.80 Å². The third kappa shape index (κ3) is 7.35. The van der Waals surface area contributed by atoms with Gasteiger partial charge >= 0.3 is 0 Å². The zero-order valence-electron chi connectivity index (χ0n) is 68.3. The highest BCUT2D eigenvalue weighted by Gasteiger charge is 2.27. The second kappa shape index (κ2) is 18.1. The Morgan fingerprint density at radius 1 is 0.243 bits per heavy atom. The molecule has 0 N–H and O–H groups in total. The molecule has 0 amide bonds. The predicted octanol–water partition coefficient (Wildman–Crippen LogP) is 20.5. The number of benzene rings is 14. The molecule has 0 heterocycles. The van der Waals surface area contributed by atoms with E-state index in [9.17, 15) is 16.4 Å². The molecule has 0 fully saturated rings. The maximum atomic E-state index is 9.82. The molecule has 74 heavy (non-hydrogen) atoms. The van der Waals surface area contributed by atoms with Crippen LogP contribution in [-0.2, 0) is 0 Å². The van der Waals surface area contributed by atoms with Crippen LogP contribution in [0.3, 0.4) is 0 Å². The average Bonchev–Trinajstić information content (AvgIpc) is 0.710. The van der Waals surface area contributed by atoms with E-state index in [0.29, 0.717) is 21.5 Å². The van der Waals surface area contributed by atoms with Gasteiger partial charge in [0.1, 0.15) is 0 Å². The van der Waals surface area contributed by atoms with Gasteiger partial charge in [0, 0.05) is 44.0 Å². The molecule has 0 aliphatic rings. The van der Waals surface area contributed by atoms with Crippen LogP contribution in [-0.4, -0.2) is 0 Å². The SMILES string of the molecule is [2H]c1c([2H])c([2H])c(-c2ccc3ccc(-c4c([2H])c([2H])c([2H])c([2H])c4[2H])c(N(c4c([2H])c([2H])c([2H])c([2H])c4[2H])c4ccc5ccc6c(N(c7c([2H])c([2H])c([2H])c([2H])c7[2H])c7c(-c8c([2H])c([2H])c([2H])c([2H])c8[2H])ccc8ccc(-c9c([2H])c([2H])c([2H])c([2H])c9[2H])cc78)ccc7ccc4c5c76)c3c2)c([2H])c1[2H]. The standard InChI is InChI=1S/C72H48N2/c1-7-19-49(20-8-1)57-33-31-53-35-41-61(51-23-11-3-12-24-51)71(65(53)47-57)73(59-27-15-5-16-28-59)67-45-39-55-38-44-64-68(46-40-56-37-43-63(67)69(55)70(56)64)74(60-29-17-6-18-30-60)72-62(52-25-13-4-14-26-52)42-36-54-32-34-58(48-66(54)72)50-21-9-2-10-22-50/h1-48H/i1D,2D,3D,4D,5D,6D,7D,8D,9D,10D,11D,12D,13D,14D,15D,16D,17D,18D,19D,20D,21D,22D,23D,24D,25D,26D,27D,28D,29D,30D. The lowest BCUT2D eigenvalue weighted by atomic mass is 9.90. The van der Waals surface area contributed by atoms with Crippen molar-refractivity contribution in [3.8, 4) is 44.5 Å². The highest BCUT2D eigenvalue weighted by Crippen LogP contribution is 2.53. The van der Waals surface area contributed by atoms with Gasteiger partial charge in [0.2, 0.25) is 0 Å². The fourth-order valence-electron chi connectivity index (χ4n) is 9.94. The molecule has 0 atom stereocenters. The van der Waals surface area contributed by atoms with Crippen LogP contribution in [0.4, 0.5) is 34.1 Å². The Kier molecular flexibility index (Phi) is 5.47. The Morgan fingerprint density at radius 2 is 0.554 bits per heavy atom. The second-order valence-corrected chi connectivity index (χ2v) is 17.0. The van der Waals surface area contributed by atoms with Crippen molar-refractivity contribution in [2.45, 2.75) is 0 Å². The fourth-order valence-corrected chi connectivity index (χ4v) is 9.94. The molecular weight excluding hydrogens is 893 g/mol. The first-order chi connectivity index (χ1) is 49.2. The van der Waals surface area contributed by atoms with Crippen molar-refractivity contribution < 1.29 is 41.1 Å². The molecule has 346 valence electrons. The molecule has 2 heteroatoms. The summed E-state index contributed by atoms with van der Waals surface area (Å²) in [6.07, 6.45) is 0. The van der Waals surface area contributed by atoms with Crippen LogP contribution in [0.25, 0.3) is 98.4 Å². The fraction of sp³-hybridized carbons (Fsp3) is 0. The molecule has 14 aromatic rings. The van der Waals surface area contributed by atoms with Crippen molar-refractivity contribution in [1.82, 2.24) is 0 Å². The summed E-state index contributed by atoms with van der Waals surface area (Å²) >= 11 is 0. The summed E-state index contributed by atoms with van der Waals surface area (Å²) in [6, 6.07) is 5.56. The Morgan fingerprint density at radius 3 is 0.932 bits per heavy atom. The monoisotopic (exact) mass is 971 g/mol. The largest absolute Gasteiger partial charge is 0.309 e. The summed E-state index contributed by atoms with van der Waals surface area (Å²) in [6.45, 7) is 0. The summed E-state index contributed by atoms with van der Waals surface area (Å²) in [7, 11) is 0. The van der Waals surface area contributed by atoms with Gasteiger partial charge in [-0.05, 0) is 114 Å². The summed E-state index contributed by atoms with van der Waals surface area (Å²) in [5.41, 5.74) is -3.26. The van der Waals surface area contributed by atoms with Crippen molar-refractivity contribution in [2.24, 2.45) is 0 Å². The molecule has 0 radical (unpaired) electrons. The maximum Gasteiger partial charge on any atom is 0.0645 e. The molecule has 14 rings (SSSR count). The molecule has 0 unspecified atom stereocenters. The van der Waals surface area contributed by atoms with Gasteiger partial charge in [0.25, 0.3) is 0 Å². The first-order valence-corrected chi connectivity index (χ1v) is 23.0. The summed E-state index contributed by atoms with van der Waals surface area (Å²) in [5, 5.41) is 2.62. The minimum absolute atomic E-state index is 0.00720. The lowest BCUT2D eigenvalue weighted by Gasteiger charge is -2.32. The van der Waals surface area contributed by atoms with E-state index in [1.807, 2.05) is 0 Å². The van der Waals surface area contributed by atoms with Crippen LogP contribution in [0, 0.1) is 0 Å². The van der Waals surface area contributed by atoms with E-state index in [-0.39, 0.29) is 88.4 Å². The van der Waals surface area contributed by atoms with E-state index in [0.717, 1.165) is 0 Å². The summed E-state index contributed by atoms with van der Waals surface area (Å²) in [5.74, 6) is 0. The molecule has 0 saturated heterocycles. The van der Waals surface area contributed by atoms with Crippen molar-refractivity contribution in [2.75, 3.05) is 9.80 Å². The summed E-state index contributed by atoms with van der Waals surface area (Å²) in [4.78, 5) is 2.57. The van der Waals surface area contributed by atoms with Crippen LogP contribution >= 0.6 is 0 Å². The van der Waals surface area contributed by atoms with Gasteiger partial charge in [-0.25, -0.2) is 0 Å². The van der Waals surface area contributed by atoms with Gasteiger partial charge in [0.05, 0.1) is 63.9 Å². The molecule has 0 spiro atoms. The molecule has 0 aromatic heterocycles. The predicted molar refractivity (Wildman–Crippen MR) is 316 cm³/mol. The van der Waals surface area contributed by atoms with E-state index in [1.165, 1.54) is 70.5 Å². The molecule has 0 aliphatic heterocycles. The third-order valence-electron chi connectivity index (χ3n) is 13.1. The highest BCUT2D eigenvalue weighted by molar-refractivity contribution is 6.29. The van der Waals surface area contributed by atoms with Crippen LogP contribution < -0.4 is 9.80 Å². The van der Waals surface area contributed by atoms with Gasteiger partial charge in [-0.2, -0.15) is 0 Å². The molecule has 0 aliphatic carbocycles. The normalized spacial score (nSPS) is 17.2. The van der Waals surface area contributed by atoms with Crippen molar-refractivity contribution in [3.05, 3.63) is 290 Å². The van der Waals surface area contributed by atoms with Crippen molar-refractivity contribution in [1.29, 1.82) is 0 Å². The van der Waals surface area contributed by atoms with Crippen LogP contribution in [0.5, 0.6) is 0 Å². The molecule has 14 aromatic carbocycles. The van der Waals surface area contributed by atoms with E-state index < -0.39 is 204 Å². The Labute approximate surface area is 473 Å². The Hall–Kier alpha value is -9.76. The van der Waals surface area contributed by atoms with Gasteiger partial charge in [0.15, 0.2) is 0 Å². The van der Waals surface area contributed by atoms with Crippen molar-refractivity contribution in [3.63, 3.8) is 0 Å². The zero-order chi connectivity index (χ0) is 75.1. The highest BCUT2D eigenvalue weighted by atomic mass is 15.2. The summed E-state index contributed by atoms with van der Waals surface area (Å²) < 4.78 is 273. The minimum Gasteiger partial charge on any atom is -0.309 e. The number of hydrogen-bond donors (Lipinski definition) is 0. The third-order valence-corrected chi connectivity index (χ3v) is 13.1. The van der Waals surface area contributed by atoms with E-state index in [2.05, 4.69) is 0 Å². The number of para-hydroxylation sites is 2. The van der Waals surface area contributed by atoms with Crippen LogP contribution in [0.15, 0.2) is 290 Å². The smallest absolute Gasteiger partial charge is 0.0645 e. The first-order valence-electron chi connectivity index (χ1n) is 38.0. The molecular formula is C72H48N2. The lowest BCUT2D eigenvalue weighted by Crippen LogP contribution is -2.13. The van der Waals surface area contributed by atoms with E-state index in [4.69, 9.17) is 24.7 Å². The number of nitrogens with zero attached hydrogens (tertiary/aromatic N) is 2. The Bertz CT molecular complexity index is 5660. The van der Waals surface area contributed by atoms with Crippen LogP contribution in [0.1, 0.15) is 41.1 Å². The maximum absolute atomic E-state index is 9.82. The first kappa shape index (κ1) is 22.3. The zero-order valence-corrected chi connectivity index (χ0v) is 38.3. The molecule has 0 bridgehead atoms. The minimum atomic E-state index is -0.831. The quantitative estimate of drug-likeness (QED) is 0.126. The van der Waals surface area contributed by atoms with Crippen LogP contribution in [0.2, 0.25) is 0 Å². The van der Waals surface area contributed by atoms with Gasteiger partial charge in [-0.1, -0.05) is 242 Å². The molecule has 0 saturated carbocycles. The topological polar surface area (TPSA) is 6.48 Å². The average molecular weight is 971 g/mol. The van der Waals surface area contributed by atoms with Crippen molar-refractivity contribution >= 4 is 88.0 Å².